The molecule has 2 aromatic rings. The molecule has 0 aliphatic heterocycles. The molecule has 0 amide bonds. The van der Waals surface area contributed by atoms with Crippen LogP contribution in [0.3, 0.4) is 0 Å². The molecule has 130 valence electrons. The van der Waals surface area contributed by atoms with Crippen molar-refractivity contribution in [2.45, 2.75) is 37.3 Å². The third kappa shape index (κ3) is 3.90. The van der Waals surface area contributed by atoms with Gasteiger partial charge in [-0.25, -0.2) is 8.42 Å². The molecule has 0 radical (unpaired) electrons. The first-order valence-electron chi connectivity index (χ1n) is 7.82. The van der Waals surface area contributed by atoms with Crippen LogP contribution in [0.25, 0.3) is 0 Å². The number of aryl methyl sites for hydroxylation is 1. The van der Waals surface area contributed by atoms with E-state index in [0.717, 1.165) is 5.56 Å². The predicted molar refractivity (Wildman–Crippen MR) is 95.7 cm³/mol. The van der Waals surface area contributed by atoms with Crippen molar-refractivity contribution in [3.05, 3.63) is 53.1 Å². The van der Waals surface area contributed by atoms with Crippen molar-refractivity contribution >= 4 is 9.84 Å². The fourth-order valence-corrected chi connectivity index (χ4v) is 4.22. The van der Waals surface area contributed by atoms with Crippen LogP contribution in [0.15, 0.2) is 41.3 Å². The van der Waals surface area contributed by atoms with Gasteiger partial charge in [0.25, 0.3) is 0 Å². The molecular formula is C19H24O4S. The topological polar surface area (TPSA) is 52.6 Å². The predicted octanol–water partition coefficient (Wildman–Crippen LogP) is 4.11. The SMILES string of the molecule is COc1cc(C)c(S(=O)(=O)Cc2ccc(C(C)C)cc2)cc1OC. The molecule has 5 heteroatoms. The molecule has 0 bridgehead atoms. The van der Waals surface area contributed by atoms with Crippen molar-refractivity contribution in [1.82, 2.24) is 0 Å². The highest BCUT2D eigenvalue weighted by Gasteiger charge is 2.21. The Kier molecular flexibility index (Phi) is 5.54. The van der Waals surface area contributed by atoms with E-state index in [1.54, 1.807) is 13.0 Å². The minimum Gasteiger partial charge on any atom is -0.493 e. The van der Waals surface area contributed by atoms with E-state index in [-0.39, 0.29) is 10.6 Å². The minimum atomic E-state index is -3.47. The third-order valence-electron chi connectivity index (χ3n) is 4.02. The number of sulfone groups is 1. The highest BCUT2D eigenvalue weighted by atomic mass is 32.2. The van der Waals surface area contributed by atoms with Crippen molar-refractivity contribution in [1.29, 1.82) is 0 Å². The number of rotatable bonds is 6. The van der Waals surface area contributed by atoms with Crippen LogP contribution in [0, 0.1) is 6.92 Å². The lowest BCUT2D eigenvalue weighted by Gasteiger charge is -2.13. The van der Waals surface area contributed by atoms with Crippen molar-refractivity contribution in [2.75, 3.05) is 14.2 Å². The van der Waals surface area contributed by atoms with E-state index >= 15 is 0 Å². The van der Waals surface area contributed by atoms with Gasteiger partial charge in [0.2, 0.25) is 0 Å². The summed E-state index contributed by atoms with van der Waals surface area (Å²) in [5.74, 6) is 1.32. The molecule has 0 atom stereocenters. The second-order valence-corrected chi connectivity index (χ2v) is 8.09. The first-order chi connectivity index (χ1) is 11.3. The van der Waals surface area contributed by atoms with Gasteiger partial charge in [-0.15, -0.1) is 0 Å². The summed E-state index contributed by atoms with van der Waals surface area (Å²) in [6.07, 6.45) is 0. The largest absolute Gasteiger partial charge is 0.493 e. The van der Waals surface area contributed by atoms with Crippen LogP contribution in [0.1, 0.15) is 36.5 Å². The molecule has 0 aromatic heterocycles. The minimum absolute atomic E-state index is 0.0400. The van der Waals surface area contributed by atoms with Gasteiger partial charge in [0.05, 0.1) is 24.9 Å². The second kappa shape index (κ2) is 7.26. The molecule has 0 N–H and O–H groups in total. The maximum absolute atomic E-state index is 12.8. The number of benzene rings is 2. The van der Waals surface area contributed by atoms with Crippen molar-refractivity contribution in [2.24, 2.45) is 0 Å². The Morgan fingerprint density at radius 3 is 2.00 bits per heavy atom. The standard InChI is InChI=1S/C19H24O4S/c1-13(2)16-8-6-15(7-9-16)12-24(20,21)19-11-18(23-5)17(22-4)10-14(19)3/h6-11,13H,12H2,1-5H3. The van der Waals surface area contributed by atoms with Crippen LogP contribution in [-0.2, 0) is 15.6 Å². The van der Waals surface area contributed by atoms with Gasteiger partial charge in [-0.3, -0.25) is 0 Å². The van der Waals surface area contributed by atoms with E-state index in [4.69, 9.17) is 9.47 Å². The molecule has 0 saturated heterocycles. The normalized spacial score (nSPS) is 11.6. The van der Waals surface area contributed by atoms with Crippen LogP contribution in [0.4, 0.5) is 0 Å². The molecule has 0 heterocycles. The van der Waals surface area contributed by atoms with Gasteiger partial charge in [-0.2, -0.15) is 0 Å². The highest BCUT2D eigenvalue weighted by Crippen LogP contribution is 2.33. The Morgan fingerprint density at radius 2 is 1.50 bits per heavy atom. The summed E-state index contributed by atoms with van der Waals surface area (Å²) in [5.41, 5.74) is 2.61. The van der Waals surface area contributed by atoms with Crippen LogP contribution < -0.4 is 9.47 Å². The summed E-state index contributed by atoms with van der Waals surface area (Å²) < 4.78 is 36.1. The molecule has 0 fully saturated rings. The van der Waals surface area contributed by atoms with Crippen LogP contribution in [0.2, 0.25) is 0 Å². The lowest BCUT2D eigenvalue weighted by Crippen LogP contribution is -2.08. The van der Waals surface area contributed by atoms with E-state index in [2.05, 4.69) is 13.8 Å². The van der Waals surface area contributed by atoms with E-state index in [1.807, 2.05) is 24.3 Å². The zero-order valence-electron chi connectivity index (χ0n) is 14.8. The Morgan fingerprint density at radius 1 is 0.958 bits per heavy atom. The molecule has 2 rings (SSSR count). The lowest BCUT2D eigenvalue weighted by molar-refractivity contribution is 0.353. The van der Waals surface area contributed by atoms with Crippen molar-refractivity contribution in [3.8, 4) is 11.5 Å². The van der Waals surface area contributed by atoms with Gasteiger partial charge in [0.1, 0.15) is 0 Å². The summed E-state index contributed by atoms with van der Waals surface area (Å²) in [4.78, 5) is 0.271. The van der Waals surface area contributed by atoms with Crippen LogP contribution in [-0.4, -0.2) is 22.6 Å². The zero-order valence-corrected chi connectivity index (χ0v) is 15.6. The number of hydrogen-bond donors (Lipinski definition) is 0. The van der Waals surface area contributed by atoms with Crippen molar-refractivity contribution in [3.63, 3.8) is 0 Å². The Balaban J connectivity index is 2.36. The maximum Gasteiger partial charge on any atom is 0.182 e. The van der Waals surface area contributed by atoms with Gasteiger partial charge >= 0.3 is 0 Å². The molecule has 0 aliphatic rings. The number of methoxy groups -OCH3 is 2. The van der Waals surface area contributed by atoms with Crippen LogP contribution in [0.5, 0.6) is 11.5 Å². The Labute approximate surface area is 144 Å². The van der Waals surface area contributed by atoms with E-state index in [0.29, 0.717) is 23.0 Å². The Hall–Kier alpha value is -2.01. The fourth-order valence-electron chi connectivity index (χ4n) is 2.59. The molecule has 0 saturated carbocycles. The van der Waals surface area contributed by atoms with Gasteiger partial charge in [-0.05, 0) is 35.6 Å². The second-order valence-electron chi connectivity index (χ2n) is 6.13. The summed E-state index contributed by atoms with van der Waals surface area (Å²) in [6.45, 7) is 5.98. The fraction of sp³-hybridized carbons (Fsp3) is 0.368. The monoisotopic (exact) mass is 348 g/mol. The van der Waals surface area contributed by atoms with E-state index in [9.17, 15) is 8.42 Å². The molecule has 2 aromatic carbocycles. The van der Waals surface area contributed by atoms with Gasteiger partial charge in [0.15, 0.2) is 21.3 Å². The number of ether oxygens (including phenoxy) is 2. The van der Waals surface area contributed by atoms with Crippen molar-refractivity contribution < 1.29 is 17.9 Å². The first kappa shape index (κ1) is 18.3. The lowest BCUT2D eigenvalue weighted by atomic mass is 10.0. The van der Waals surface area contributed by atoms with E-state index in [1.165, 1.54) is 25.8 Å². The molecule has 4 nitrogen and oxygen atoms in total. The highest BCUT2D eigenvalue weighted by molar-refractivity contribution is 7.90. The molecule has 0 unspecified atom stereocenters. The summed E-state index contributed by atoms with van der Waals surface area (Å²) >= 11 is 0. The van der Waals surface area contributed by atoms with E-state index < -0.39 is 9.84 Å². The summed E-state index contributed by atoms with van der Waals surface area (Å²) in [5, 5.41) is 0. The first-order valence-corrected chi connectivity index (χ1v) is 9.48. The average molecular weight is 348 g/mol. The van der Waals surface area contributed by atoms with Gasteiger partial charge < -0.3 is 9.47 Å². The number of hydrogen-bond acceptors (Lipinski definition) is 4. The molecule has 24 heavy (non-hydrogen) atoms. The molecule has 0 aliphatic carbocycles. The maximum atomic E-state index is 12.8. The molecule has 0 spiro atoms. The Bertz CT molecular complexity index is 806. The van der Waals surface area contributed by atoms with Gasteiger partial charge in [-0.1, -0.05) is 38.1 Å². The quantitative estimate of drug-likeness (QED) is 0.788. The third-order valence-corrected chi connectivity index (χ3v) is 5.84. The summed E-state index contributed by atoms with van der Waals surface area (Å²) in [6, 6.07) is 10.9. The smallest absolute Gasteiger partial charge is 0.182 e. The van der Waals surface area contributed by atoms with Gasteiger partial charge in [0, 0.05) is 6.07 Å². The summed E-state index contributed by atoms with van der Waals surface area (Å²) in [7, 11) is -0.446. The van der Waals surface area contributed by atoms with Crippen LogP contribution >= 0.6 is 0 Å². The average Bonchev–Trinajstić information content (AvgIpc) is 2.54. The zero-order chi connectivity index (χ0) is 17.9. The molecular weight excluding hydrogens is 324 g/mol.